The molecule has 1 aromatic carbocycles. The van der Waals surface area contributed by atoms with Gasteiger partial charge in [0.2, 0.25) is 5.91 Å². The van der Waals surface area contributed by atoms with Gasteiger partial charge in [-0.2, -0.15) is 0 Å². The third-order valence-electron chi connectivity index (χ3n) is 2.98. The van der Waals surface area contributed by atoms with Crippen LogP contribution in [0.15, 0.2) is 29.2 Å². The van der Waals surface area contributed by atoms with Crippen molar-refractivity contribution in [3.63, 3.8) is 0 Å². The van der Waals surface area contributed by atoms with Crippen molar-refractivity contribution >= 4 is 21.4 Å². The molecule has 1 fully saturated rings. The van der Waals surface area contributed by atoms with Gasteiger partial charge in [0.05, 0.1) is 17.1 Å². The van der Waals surface area contributed by atoms with Crippen molar-refractivity contribution in [3.05, 3.63) is 24.3 Å². The van der Waals surface area contributed by atoms with E-state index >= 15 is 0 Å². The van der Waals surface area contributed by atoms with E-state index in [2.05, 4.69) is 10.6 Å². The molecule has 1 saturated carbocycles. The van der Waals surface area contributed by atoms with E-state index in [1.54, 1.807) is 18.2 Å². The Labute approximate surface area is 113 Å². The summed E-state index contributed by atoms with van der Waals surface area (Å²) in [4.78, 5) is 11.9. The van der Waals surface area contributed by atoms with Gasteiger partial charge < -0.3 is 10.6 Å². The molecule has 0 atom stereocenters. The summed E-state index contributed by atoms with van der Waals surface area (Å²) in [5, 5.41) is 5.69. The molecule has 6 heteroatoms. The molecule has 5 nitrogen and oxygen atoms in total. The molecule has 104 valence electrons. The third kappa shape index (κ3) is 4.33. The highest BCUT2D eigenvalue weighted by molar-refractivity contribution is 7.90. The van der Waals surface area contributed by atoms with Crippen molar-refractivity contribution in [3.8, 4) is 0 Å². The highest BCUT2D eigenvalue weighted by atomic mass is 32.2. The molecule has 1 aliphatic carbocycles. The predicted molar refractivity (Wildman–Crippen MR) is 73.8 cm³/mol. The Morgan fingerprint density at radius 3 is 2.63 bits per heavy atom. The van der Waals surface area contributed by atoms with Crippen LogP contribution >= 0.6 is 0 Å². The topological polar surface area (TPSA) is 75.3 Å². The summed E-state index contributed by atoms with van der Waals surface area (Å²) in [6.45, 7) is 1.05. The summed E-state index contributed by atoms with van der Waals surface area (Å²) < 4.78 is 23.2. The molecule has 0 aliphatic heterocycles. The molecule has 19 heavy (non-hydrogen) atoms. The number of rotatable bonds is 6. The molecule has 1 amide bonds. The van der Waals surface area contributed by atoms with Crippen molar-refractivity contribution in [2.45, 2.75) is 17.7 Å². The summed E-state index contributed by atoms with van der Waals surface area (Å²) in [6, 6.07) is 6.41. The standard InChI is InChI=1S/C13H18N2O3S/c1-19(17,18)12-5-3-2-4-11(12)15-13(16)9-14-8-10-6-7-10/h2-5,10,14H,6-9H2,1H3,(H,15,16). The van der Waals surface area contributed by atoms with Crippen LogP contribution in [0.5, 0.6) is 0 Å². The average Bonchev–Trinajstić information content (AvgIpc) is 3.12. The van der Waals surface area contributed by atoms with Crippen LogP contribution in [0.3, 0.4) is 0 Å². The average molecular weight is 282 g/mol. The second-order valence-corrected chi connectivity index (χ2v) is 6.87. The first-order valence-electron chi connectivity index (χ1n) is 6.26. The Morgan fingerprint density at radius 2 is 2.00 bits per heavy atom. The van der Waals surface area contributed by atoms with E-state index in [0.29, 0.717) is 11.6 Å². The molecule has 0 heterocycles. The Kier molecular flexibility index (Phi) is 4.21. The maximum atomic E-state index is 11.7. The maximum absolute atomic E-state index is 11.7. The molecule has 0 spiro atoms. The van der Waals surface area contributed by atoms with Crippen LogP contribution < -0.4 is 10.6 Å². The normalized spacial score (nSPS) is 15.2. The first kappa shape index (κ1) is 14.0. The number of carbonyl (C=O) groups excluding carboxylic acids is 1. The lowest BCUT2D eigenvalue weighted by Gasteiger charge is -2.10. The SMILES string of the molecule is CS(=O)(=O)c1ccccc1NC(=O)CNCC1CC1. The molecule has 0 unspecified atom stereocenters. The number of carbonyl (C=O) groups is 1. The molecule has 0 radical (unpaired) electrons. The molecule has 2 rings (SSSR count). The fraction of sp³-hybridized carbons (Fsp3) is 0.462. The Balaban J connectivity index is 1.95. The smallest absolute Gasteiger partial charge is 0.238 e. The van der Waals surface area contributed by atoms with Crippen molar-refractivity contribution < 1.29 is 13.2 Å². The second kappa shape index (κ2) is 5.71. The summed E-state index contributed by atoms with van der Waals surface area (Å²) in [6.07, 6.45) is 3.58. The number of hydrogen-bond acceptors (Lipinski definition) is 4. The third-order valence-corrected chi connectivity index (χ3v) is 4.13. The minimum Gasteiger partial charge on any atom is -0.324 e. The van der Waals surface area contributed by atoms with Crippen LogP contribution in [0.2, 0.25) is 0 Å². The van der Waals surface area contributed by atoms with Crippen LogP contribution in [0.1, 0.15) is 12.8 Å². The van der Waals surface area contributed by atoms with Gasteiger partial charge >= 0.3 is 0 Å². The summed E-state index contributed by atoms with van der Waals surface area (Å²) in [7, 11) is -3.34. The van der Waals surface area contributed by atoms with Gasteiger partial charge in [-0.05, 0) is 37.4 Å². The van der Waals surface area contributed by atoms with Gasteiger partial charge in [-0.1, -0.05) is 12.1 Å². The van der Waals surface area contributed by atoms with Crippen LogP contribution in [0.25, 0.3) is 0 Å². The van der Waals surface area contributed by atoms with Gasteiger partial charge in [0.15, 0.2) is 9.84 Å². The van der Waals surface area contributed by atoms with E-state index in [4.69, 9.17) is 0 Å². The number of hydrogen-bond donors (Lipinski definition) is 2. The van der Waals surface area contributed by atoms with E-state index in [1.165, 1.54) is 18.9 Å². The van der Waals surface area contributed by atoms with Gasteiger partial charge in [-0.3, -0.25) is 4.79 Å². The van der Waals surface area contributed by atoms with Gasteiger partial charge in [-0.15, -0.1) is 0 Å². The van der Waals surface area contributed by atoms with E-state index in [9.17, 15) is 13.2 Å². The van der Waals surface area contributed by atoms with Crippen LogP contribution in [-0.2, 0) is 14.6 Å². The number of benzene rings is 1. The molecule has 0 saturated heterocycles. The molecule has 1 aromatic rings. The van der Waals surface area contributed by atoms with Gasteiger partial charge in [0.1, 0.15) is 0 Å². The first-order valence-corrected chi connectivity index (χ1v) is 8.15. The Bertz CT molecular complexity index is 565. The van der Waals surface area contributed by atoms with Gasteiger partial charge in [0, 0.05) is 6.26 Å². The Hall–Kier alpha value is -1.40. The molecule has 0 aromatic heterocycles. The quantitative estimate of drug-likeness (QED) is 0.817. The monoisotopic (exact) mass is 282 g/mol. The minimum atomic E-state index is -3.34. The fourth-order valence-corrected chi connectivity index (χ4v) is 2.64. The predicted octanol–water partition coefficient (Wildman–Crippen LogP) is 1.03. The van der Waals surface area contributed by atoms with Crippen LogP contribution in [-0.4, -0.2) is 33.7 Å². The Morgan fingerprint density at radius 1 is 1.32 bits per heavy atom. The van der Waals surface area contributed by atoms with Gasteiger partial charge in [-0.25, -0.2) is 8.42 Å². The molecule has 0 bridgehead atoms. The lowest BCUT2D eigenvalue weighted by Crippen LogP contribution is -2.29. The maximum Gasteiger partial charge on any atom is 0.238 e. The largest absolute Gasteiger partial charge is 0.324 e. The molecule has 2 N–H and O–H groups in total. The first-order chi connectivity index (χ1) is 8.97. The van der Waals surface area contributed by atoms with E-state index in [0.717, 1.165) is 12.8 Å². The van der Waals surface area contributed by atoms with Crippen LogP contribution in [0.4, 0.5) is 5.69 Å². The van der Waals surface area contributed by atoms with Crippen molar-refractivity contribution in [1.82, 2.24) is 5.32 Å². The van der Waals surface area contributed by atoms with Crippen molar-refractivity contribution in [1.29, 1.82) is 0 Å². The zero-order chi connectivity index (χ0) is 13.9. The van der Waals surface area contributed by atoms with Gasteiger partial charge in [0.25, 0.3) is 0 Å². The number of sulfone groups is 1. The highest BCUT2D eigenvalue weighted by Gasteiger charge is 2.20. The fourth-order valence-electron chi connectivity index (χ4n) is 1.80. The minimum absolute atomic E-state index is 0.144. The second-order valence-electron chi connectivity index (χ2n) is 4.89. The molecular weight excluding hydrogens is 264 g/mol. The zero-order valence-corrected chi connectivity index (χ0v) is 11.7. The van der Waals surface area contributed by atoms with Crippen molar-refractivity contribution in [2.24, 2.45) is 5.92 Å². The highest BCUT2D eigenvalue weighted by Crippen LogP contribution is 2.27. The van der Waals surface area contributed by atoms with E-state index in [1.807, 2.05) is 0 Å². The van der Waals surface area contributed by atoms with E-state index < -0.39 is 9.84 Å². The summed E-state index contributed by atoms with van der Waals surface area (Å²) in [5.41, 5.74) is 0.336. The lowest BCUT2D eigenvalue weighted by atomic mass is 10.3. The number of para-hydroxylation sites is 1. The molecular formula is C13H18N2O3S. The summed E-state index contributed by atoms with van der Waals surface area (Å²) in [5.74, 6) is 0.479. The number of amides is 1. The number of anilines is 1. The van der Waals surface area contributed by atoms with Crippen LogP contribution in [0, 0.1) is 5.92 Å². The van der Waals surface area contributed by atoms with Crippen molar-refractivity contribution in [2.75, 3.05) is 24.7 Å². The number of nitrogens with one attached hydrogen (secondary N) is 2. The summed E-state index contributed by atoms with van der Waals surface area (Å²) >= 11 is 0. The lowest BCUT2D eigenvalue weighted by molar-refractivity contribution is -0.115. The van der Waals surface area contributed by atoms with E-state index in [-0.39, 0.29) is 17.3 Å². The molecule has 1 aliphatic rings. The zero-order valence-electron chi connectivity index (χ0n) is 10.8.